The molecular weight excluding hydrogens is 338 g/mol. The van der Waals surface area contributed by atoms with Gasteiger partial charge in [0.2, 0.25) is 0 Å². The first-order chi connectivity index (χ1) is 13.3. The Hall–Kier alpha value is -2.47. The molecule has 0 unspecified atom stereocenters. The van der Waals surface area contributed by atoms with Crippen molar-refractivity contribution in [3.8, 4) is 11.3 Å². The lowest BCUT2D eigenvalue weighted by molar-refractivity contribution is -0.0960. The van der Waals surface area contributed by atoms with E-state index >= 15 is 0 Å². The monoisotopic (exact) mass is 363 g/mol. The third-order valence-corrected chi connectivity index (χ3v) is 5.10. The van der Waals surface area contributed by atoms with Crippen molar-refractivity contribution in [2.75, 3.05) is 19.8 Å². The van der Waals surface area contributed by atoms with Crippen LogP contribution in [0.15, 0.2) is 66.9 Å². The van der Waals surface area contributed by atoms with Gasteiger partial charge in [0.1, 0.15) is 6.10 Å². The molecule has 1 N–H and O–H groups in total. The van der Waals surface area contributed by atoms with Crippen LogP contribution in [0, 0.1) is 0 Å². The van der Waals surface area contributed by atoms with E-state index in [4.69, 9.17) is 9.84 Å². The summed E-state index contributed by atoms with van der Waals surface area (Å²) in [6.45, 7) is 2.21. The van der Waals surface area contributed by atoms with Gasteiger partial charge in [0.05, 0.1) is 24.9 Å². The highest BCUT2D eigenvalue weighted by atomic mass is 16.5. The van der Waals surface area contributed by atoms with Crippen LogP contribution in [0.2, 0.25) is 0 Å². The van der Waals surface area contributed by atoms with E-state index in [9.17, 15) is 5.11 Å². The van der Waals surface area contributed by atoms with E-state index in [1.54, 1.807) is 0 Å². The highest BCUT2D eigenvalue weighted by Crippen LogP contribution is 2.32. The molecule has 5 nitrogen and oxygen atoms in total. The minimum absolute atomic E-state index is 0.00857. The number of aryl methyl sites for hydroxylation is 1. The average Bonchev–Trinajstić information content (AvgIpc) is 3.09. The molecule has 5 heteroatoms. The number of morpholine rings is 1. The summed E-state index contributed by atoms with van der Waals surface area (Å²) >= 11 is 0. The Morgan fingerprint density at radius 1 is 1.07 bits per heavy atom. The topological polar surface area (TPSA) is 50.5 Å². The van der Waals surface area contributed by atoms with E-state index in [2.05, 4.69) is 35.4 Å². The van der Waals surface area contributed by atoms with Crippen LogP contribution in [0.1, 0.15) is 17.2 Å². The van der Waals surface area contributed by atoms with Gasteiger partial charge in [-0.1, -0.05) is 60.7 Å². The molecule has 1 saturated heterocycles. The molecule has 0 aliphatic carbocycles. The summed E-state index contributed by atoms with van der Waals surface area (Å²) in [5, 5.41) is 14.6. The Balaban J connectivity index is 1.67. The van der Waals surface area contributed by atoms with E-state index in [0.717, 1.165) is 24.3 Å². The largest absolute Gasteiger partial charge is 0.394 e. The fourth-order valence-corrected chi connectivity index (χ4v) is 3.90. The number of benzene rings is 2. The number of aliphatic hydroxyl groups excluding tert-OH is 1. The van der Waals surface area contributed by atoms with Crippen LogP contribution in [-0.4, -0.2) is 45.6 Å². The zero-order valence-corrected chi connectivity index (χ0v) is 15.5. The molecule has 0 spiro atoms. The minimum Gasteiger partial charge on any atom is -0.394 e. The molecule has 3 aromatic rings. The number of aromatic nitrogens is 2. The Labute approximate surface area is 159 Å². The van der Waals surface area contributed by atoms with Gasteiger partial charge in [-0.2, -0.15) is 5.10 Å². The van der Waals surface area contributed by atoms with Crippen LogP contribution in [0.25, 0.3) is 11.3 Å². The molecule has 0 saturated carbocycles. The number of ether oxygens (including phenoxy) is 1. The molecule has 1 fully saturated rings. The van der Waals surface area contributed by atoms with Gasteiger partial charge in [-0.3, -0.25) is 9.58 Å². The summed E-state index contributed by atoms with van der Waals surface area (Å²) in [4.78, 5) is 2.39. The van der Waals surface area contributed by atoms with E-state index in [0.29, 0.717) is 6.61 Å². The highest BCUT2D eigenvalue weighted by molar-refractivity contribution is 5.62. The molecular formula is C22H25N3O2. The molecule has 2 atom stereocenters. The lowest BCUT2D eigenvalue weighted by Gasteiger charge is -2.41. The lowest BCUT2D eigenvalue weighted by atomic mass is 9.97. The number of nitrogens with zero attached hydrogens (tertiary/aromatic N) is 3. The Morgan fingerprint density at radius 2 is 1.78 bits per heavy atom. The van der Waals surface area contributed by atoms with Crippen molar-refractivity contribution < 1.29 is 9.84 Å². The lowest BCUT2D eigenvalue weighted by Crippen LogP contribution is -2.46. The first-order valence-electron chi connectivity index (χ1n) is 9.35. The van der Waals surface area contributed by atoms with E-state index in [-0.39, 0.29) is 18.8 Å². The normalized spacial score (nSPS) is 20.7. The van der Waals surface area contributed by atoms with Gasteiger partial charge in [-0.15, -0.1) is 0 Å². The standard InChI is InChI=1S/C22H25N3O2/c1-24-14-19(21(23-24)17-8-4-2-5-9-17)15-25-12-13-27-20(16-26)22(25)18-10-6-3-7-11-18/h2-11,14,20,22,26H,12-13,15-16H2,1H3/t20-,22-/m0/s1. The summed E-state index contributed by atoms with van der Waals surface area (Å²) in [5.41, 5.74) is 4.48. The van der Waals surface area contributed by atoms with E-state index < -0.39 is 0 Å². The van der Waals surface area contributed by atoms with Gasteiger partial charge in [-0.25, -0.2) is 0 Å². The van der Waals surface area contributed by atoms with Crippen molar-refractivity contribution >= 4 is 0 Å². The molecule has 140 valence electrons. The number of rotatable bonds is 5. The predicted molar refractivity (Wildman–Crippen MR) is 105 cm³/mol. The summed E-state index contributed by atoms with van der Waals surface area (Å²) in [6, 6.07) is 20.6. The van der Waals surface area contributed by atoms with Gasteiger partial charge < -0.3 is 9.84 Å². The zero-order valence-electron chi connectivity index (χ0n) is 15.5. The van der Waals surface area contributed by atoms with Gasteiger partial charge in [0.25, 0.3) is 0 Å². The third-order valence-electron chi connectivity index (χ3n) is 5.10. The molecule has 2 aromatic carbocycles. The second-order valence-corrected chi connectivity index (χ2v) is 6.96. The molecule has 1 aliphatic rings. The van der Waals surface area contributed by atoms with Crippen LogP contribution >= 0.6 is 0 Å². The zero-order chi connectivity index (χ0) is 18.6. The number of hydrogen-bond donors (Lipinski definition) is 1. The second-order valence-electron chi connectivity index (χ2n) is 6.96. The molecule has 0 bridgehead atoms. The first-order valence-corrected chi connectivity index (χ1v) is 9.35. The van der Waals surface area contributed by atoms with Crippen LogP contribution in [0.3, 0.4) is 0 Å². The number of hydrogen-bond acceptors (Lipinski definition) is 4. The Kier molecular flexibility index (Phi) is 5.34. The van der Waals surface area contributed by atoms with E-state index in [1.165, 1.54) is 11.1 Å². The fraction of sp³-hybridized carbons (Fsp3) is 0.318. The van der Waals surface area contributed by atoms with Gasteiger partial charge in [-0.05, 0) is 5.56 Å². The van der Waals surface area contributed by atoms with E-state index in [1.807, 2.05) is 48.1 Å². The summed E-state index contributed by atoms with van der Waals surface area (Å²) in [7, 11) is 1.96. The molecule has 27 heavy (non-hydrogen) atoms. The Bertz CT molecular complexity index is 864. The van der Waals surface area contributed by atoms with Gasteiger partial charge in [0.15, 0.2) is 0 Å². The first kappa shape index (κ1) is 17.9. The fourth-order valence-electron chi connectivity index (χ4n) is 3.90. The SMILES string of the molecule is Cn1cc(CN2CCO[C@@H](CO)[C@@H]2c2ccccc2)c(-c2ccccc2)n1. The van der Waals surface area contributed by atoms with Crippen molar-refractivity contribution in [2.45, 2.75) is 18.7 Å². The Morgan fingerprint density at radius 3 is 2.48 bits per heavy atom. The van der Waals surface area contributed by atoms with Crippen molar-refractivity contribution in [1.82, 2.24) is 14.7 Å². The highest BCUT2D eigenvalue weighted by Gasteiger charge is 2.33. The smallest absolute Gasteiger partial charge is 0.100 e. The van der Waals surface area contributed by atoms with Gasteiger partial charge in [0, 0.05) is 37.5 Å². The molecule has 0 radical (unpaired) electrons. The van der Waals surface area contributed by atoms with Crippen LogP contribution in [0.4, 0.5) is 0 Å². The second kappa shape index (κ2) is 8.05. The third kappa shape index (κ3) is 3.81. The van der Waals surface area contributed by atoms with Crippen LogP contribution in [0.5, 0.6) is 0 Å². The summed E-state index contributed by atoms with van der Waals surface area (Å²) in [6.07, 6.45) is 1.87. The molecule has 1 aliphatic heterocycles. The van der Waals surface area contributed by atoms with Crippen molar-refractivity contribution in [2.24, 2.45) is 7.05 Å². The molecule has 0 amide bonds. The average molecular weight is 363 g/mol. The van der Waals surface area contributed by atoms with Crippen molar-refractivity contribution in [3.63, 3.8) is 0 Å². The predicted octanol–water partition coefficient (Wildman–Crippen LogP) is 3.02. The van der Waals surface area contributed by atoms with Crippen LogP contribution < -0.4 is 0 Å². The quantitative estimate of drug-likeness (QED) is 0.757. The maximum Gasteiger partial charge on any atom is 0.100 e. The molecule has 1 aromatic heterocycles. The minimum atomic E-state index is -0.224. The maximum atomic E-state index is 9.88. The summed E-state index contributed by atoms with van der Waals surface area (Å²) < 4.78 is 7.74. The molecule has 4 rings (SSSR count). The van der Waals surface area contributed by atoms with Crippen molar-refractivity contribution in [3.05, 3.63) is 78.0 Å². The van der Waals surface area contributed by atoms with Gasteiger partial charge >= 0.3 is 0 Å². The molecule has 2 heterocycles. The van der Waals surface area contributed by atoms with Crippen molar-refractivity contribution in [1.29, 1.82) is 0 Å². The summed E-state index contributed by atoms with van der Waals surface area (Å²) in [5.74, 6) is 0. The van der Waals surface area contributed by atoms with Crippen LogP contribution in [-0.2, 0) is 18.3 Å². The number of aliphatic hydroxyl groups is 1. The maximum absolute atomic E-state index is 9.88.